The van der Waals surface area contributed by atoms with E-state index >= 15 is 0 Å². The van der Waals surface area contributed by atoms with Gasteiger partial charge in [-0.3, -0.25) is 4.79 Å². The highest BCUT2D eigenvalue weighted by Crippen LogP contribution is 2.21. The van der Waals surface area contributed by atoms with Crippen molar-refractivity contribution in [2.75, 3.05) is 6.61 Å². The summed E-state index contributed by atoms with van der Waals surface area (Å²) in [4.78, 5) is 11.8. The summed E-state index contributed by atoms with van der Waals surface area (Å²) in [5.74, 6) is 1.04. The van der Waals surface area contributed by atoms with Crippen LogP contribution in [0.5, 0.6) is 5.75 Å². The van der Waals surface area contributed by atoms with Crippen LogP contribution in [0, 0.1) is 12.8 Å². The van der Waals surface area contributed by atoms with Gasteiger partial charge < -0.3 is 15.8 Å². The Kier molecular flexibility index (Phi) is 6.02. The third-order valence-electron chi connectivity index (χ3n) is 3.47. The van der Waals surface area contributed by atoms with Gasteiger partial charge >= 0.3 is 0 Å². The summed E-state index contributed by atoms with van der Waals surface area (Å²) < 4.78 is 5.56. The first-order valence-corrected chi connectivity index (χ1v) is 7.09. The van der Waals surface area contributed by atoms with Gasteiger partial charge in [0.1, 0.15) is 5.75 Å². The Morgan fingerprint density at radius 1 is 1.30 bits per heavy atom. The van der Waals surface area contributed by atoms with E-state index in [4.69, 9.17) is 10.5 Å². The van der Waals surface area contributed by atoms with E-state index in [1.165, 1.54) is 0 Å². The molecule has 0 bridgehead atoms. The zero-order valence-corrected chi connectivity index (χ0v) is 13.1. The molecule has 0 saturated heterocycles. The summed E-state index contributed by atoms with van der Waals surface area (Å²) in [6, 6.07) is 5.94. The van der Waals surface area contributed by atoms with Crippen LogP contribution in [0.1, 0.15) is 44.9 Å². The van der Waals surface area contributed by atoms with Gasteiger partial charge in [0.25, 0.3) is 5.91 Å². The van der Waals surface area contributed by atoms with Gasteiger partial charge in [-0.15, -0.1) is 0 Å². The molecule has 0 heterocycles. The maximum absolute atomic E-state index is 11.8. The van der Waals surface area contributed by atoms with Gasteiger partial charge in [0.2, 0.25) is 0 Å². The van der Waals surface area contributed by atoms with E-state index in [1.54, 1.807) is 0 Å². The number of benzene rings is 1. The molecule has 20 heavy (non-hydrogen) atoms. The van der Waals surface area contributed by atoms with Gasteiger partial charge in [-0.25, -0.2) is 0 Å². The predicted octanol–water partition coefficient (Wildman–Crippen LogP) is 2.55. The topological polar surface area (TPSA) is 64.3 Å². The molecule has 0 aliphatic heterocycles. The second-order valence-corrected chi connectivity index (χ2v) is 5.70. The Hall–Kier alpha value is -1.55. The van der Waals surface area contributed by atoms with Crippen LogP contribution in [0.15, 0.2) is 18.2 Å². The van der Waals surface area contributed by atoms with Crippen molar-refractivity contribution in [3.05, 3.63) is 29.3 Å². The van der Waals surface area contributed by atoms with Crippen molar-refractivity contribution < 1.29 is 9.53 Å². The van der Waals surface area contributed by atoms with Gasteiger partial charge in [-0.1, -0.05) is 26.0 Å². The van der Waals surface area contributed by atoms with Crippen LogP contribution >= 0.6 is 0 Å². The molecule has 1 aromatic carbocycles. The lowest BCUT2D eigenvalue weighted by molar-refractivity contribution is -0.124. The number of nitrogens with two attached hydrogens (primary N) is 1. The van der Waals surface area contributed by atoms with Gasteiger partial charge in [0, 0.05) is 12.1 Å². The van der Waals surface area contributed by atoms with Crippen LogP contribution in [-0.2, 0) is 4.79 Å². The van der Waals surface area contributed by atoms with Crippen LogP contribution in [0.25, 0.3) is 0 Å². The van der Waals surface area contributed by atoms with Crippen molar-refractivity contribution in [2.24, 2.45) is 11.7 Å². The van der Waals surface area contributed by atoms with Gasteiger partial charge in [0.05, 0.1) is 0 Å². The van der Waals surface area contributed by atoms with Crippen molar-refractivity contribution >= 4 is 5.91 Å². The molecule has 4 nitrogen and oxygen atoms in total. The largest absolute Gasteiger partial charge is 0.484 e. The number of hydrogen-bond donors (Lipinski definition) is 2. The summed E-state index contributed by atoms with van der Waals surface area (Å²) in [6.07, 6.45) is 0. The third-order valence-corrected chi connectivity index (χ3v) is 3.47. The molecule has 112 valence electrons. The summed E-state index contributed by atoms with van der Waals surface area (Å²) in [5, 5.41) is 2.91. The smallest absolute Gasteiger partial charge is 0.258 e. The lowest BCUT2D eigenvalue weighted by atomic mass is 10.1. The maximum Gasteiger partial charge on any atom is 0.258 e. The zero-order valence-electron chi connectivity index (χ0n) is 13.1. The van der Waals surface area contributed by atoms with Crippen LogP contribution in [-0.4, -0.2) is 18.6 Å². The van der Waals surface area contributed by atoms with Crippen LogP contribution < -0.4 is 15.8 Å². The number of rotatable bonds is 6. The number of hydrogen-bond acceptors (Lipinski definition) is 3. The molecule has 3 N–H and O–H groups in total. The maximum atomic E-state index is 11.8. The highest BCUT2D eigenvalue weighted by atomic mass is 16.5. The fraction of sp³-hybridized carbons (Fsp3) is 0.562. The molecule has 1 aromatic rings. The Morgan fingerprint density at radius 3 is 2.45 bits per heavy atom. The van der Waals surface area contributed by atoms with Gasteiger partial charge in [-0.05, 0) is 43.9 Å². The molecule has 0 aromatic heterocycles. The number of carbonyl (C=O) groups is 1. The first-order chi connectivity index (χ1) is 9.31. The molecule has 0 spiro atoms. The molecule has 4 heteroatoms. The van der Waals surface area contributed by atoms with E-state index in [0.29, 0.717) is 5.92 Å². The van der Waals surface area contributed by atoms with Crippen LogP contribution in [0.3, 0.4) is 0 Å². The number of ether oxygens (including phenoxy) is 1. The number of carbonyl (C=O) groups excluding carboxylic acids is 1. The average Bonchev–Trinajstić information content (AvgIpc) is 2.36. The second-order valence-electron chi connectivity index (χ2n) is 5.70. The predicted molar refractivity (Wildman–Crippen MR) is 81.7 cm³/mol. The number of nitrogens with one attached hydrogen (secondary N) is 1. The normalized spacial score (nSPS) is 13.9. The average molecular weight is 278 g/mol. The summed E-state index contributed by atoms with van der Waals surface area (Å²) in [7, 11) is 0. The molecule has 2 unspecified atom stereocenters. The fourth-order valence-electron chi connectivity index (χ4n) is 1.72. The minimum atomic E-state index is -0.0955. The zero-order chi connectivity index (χ0) is 15.3. The van der Waals surface area contributed by atoms with E-state index in [-0.39, 0.29) is 24.6 Å². The van der Waals surface area contributed by atoms with Crippen molar-refractivity contribution in [2.45, 2.75) is 46.7 Å². The van der Waals surface area contributed by atoms with Crippen LogP contribution in [0.4, 0.5) is 0 Å². The van der Waals surface area contributed by atoms with Crippen molar-refractivity contribution in [3.63, 3.8) is 0 Å². The lowest BCUT2D eigenvalue weighted by Crippen LogP contribution is -2.39. The molecule has 0 aliphatic rings. The van der Waals surface area contributed by atoms with Crippen molar-refractivity contribution in [1.29, 1.82) is 0 Å². The summed E-state index contributed by atoms with van der Waals surface area (Å²) in [6.45, 7) is 10.1. The van der Waals surface area contributed by atoms with Crippen molar-refractivity contribution in [3.8, 4) is 5.75 Å². The lowest BCUT2D eigenvalue weighted by Gasteiger charge is -2.18. The highest BCUT2D eigenvalue weighted by Gasteiger charge is 2.12. The SMILES string of the molecule is Cc1cc(C(C)N)ccc1OCC(=O)NC(C)C(C)C. The molecule has 0 aliphatic carbocycles. The highest BCUT2D eigenvalue weighted by molar-refractivity contribution is 5.77. The molecule has 0 saturated carbocycles. The summed E-state index contributed by atoms with van der Waals surface area (Å²) >= 11 is 0. The first-order valence-electron chi connectivity index (χ1n) is 7.09. The van der Waals surface area contributed by atoms with E-state index in [9.17, 15) is 4.79 Å². The number of aryl methyl sites for hydroxylation is 1. The molecule has 1 amide bonds. The minimum absolute atomic E-state index is 0.00191. The van der Waals surface area contributed by atoms with Crippen molar-refractivity contribution in [1.82, 2.24) is 5.32 Å². The Bertz CT molecular complexity index is 456. The van der Waals surface area contributed by atoms with E-state index in [1.807, 2.05) is 39.0 Å². The Balaban J connectivity index is 2.56. The summed E-state index contributed by atoms with van der Waals surface area (Å²) in [5.41, 5.74) is 7.89. The minimum Gasteiger partial charge on any atom is -0.484 e. The van der Waals surface area contributed by atoms with E-state index < -0.39 is 0 Å². The van der Waals surface area contributed by atoms with Gasteiger partial charge in [0.15, 0.2) is 6.61 Å². The Morgan fingerprint density at radius 2 is 1.95 bits per heavy atom. The fourth-order valence-corrected chi connectivity index (χ4v) is 1.72. The van der Waals surface area contributed by atoms with E-state index in [0.717, 1.165) is 16.9 Å². The Labute approximate surface area is 121 Å². The molecule has 1 rings (SSSR count). The van der Waals surface area contributed by atoms with Crippen LogP contribution in [0.2, 0.25) is 0 Å². The third kappa shape index (κ3) is 4.85. The first kappa shape index (κ1) is 16.5. The molecule has 2 atom stereocenters. The number of amides is 1. The van der Waals surface area contributed by atoms with Gasteiger partial charge in [-0.2, -0.15) is 0 Å². The molecule has 0 radical (unpaired) electrons. The second kappa shape index (κ2) is 7.29. The standard InChI is InChI=1S/C16H26N2O2/c1-10(2)13(5)18-16(19)9-20-15-7-6-14(12(4)17)8-11(15)3/h6-8,10,12-13H,9,17H2,1-5H3,(H,18,19). The monoisotopic (exact) mass is 278 g/mol. The molecule has 0 fully saturated rings. The molecular formula is C16H26N2O2. The molecular weight excluding hydrogens is 252 g/mol. The quantitative estimate of drug-likeness (QED) is 0.840. The van der Waals surface area contributed by atoms with E-state index in [2.05, 4.69) is 19.2 Å².